The fourth-order valence-electron chi connectivity index (χ4n) is 6.90. The second-order valence-corrected chi connectivity index (χ2v) is 14.5. The Bertz CT molecular complexity index is 1420. The first kappa shape index (κ1) is 30.6. The normalized spacial score (nSPS) is 24.2. The summed E-state index contributed by atoms with van der Waals surface area (Å²) in [6.45, 7) is 0.0724. The predicted molar refractivity (Wildman–Crippen MR) is 144 cm³/mol. The molecule has 1 heterocycles. The Kier molecular flexibility index (Phi) is 7.73. The van der Waals surface area contributed by atoms with Gasteiger partial charge in [-0.15, -0.1) is 0 Å². The lowest BCUT2D eigenvalue weighted by atomic mass is 9.76. The molecule has 4 nitrogen and oxygen atoms in total. The van der Waals surface area contributed by atoms with Crippen LogP contribution >= 0.6 is 22.6 Å². The molecule has 0 radical (unpaired) electrons. The highest BCUT2D eigenvalue weighted by Gasteiger charge is 2.74. The summed E-state index contributed by atoms with van der Waals surface area (Å²) in [4.78, 5) is 15.1. The van der Waals surface area contributed by atoms with Gasteiger partial charge in [-0.2, -0.15) is 26.3 Å². The zero-order valence-corrected chi connectivity index (χ0v) is 24.6. The molecular formula is C28H27F7INO3S. The summed E-state index contributed by atoms with van der Waals surface area (Å²) in [5, 5.41) is 0. The summed E-state index contributed by atoms with van der Waals surface area (Å²) in [5.74, 6) is -0.443. The number of hydrogen-bond donors (Lipinski definition) is 0. The molecule has 2 aliphatic carbocycles. The van der Waals surface area contributed by atoms with E-state index in [1.807, 2.05) is 22.6 Å². The van der Waals surface area contributed by atoms with Gasteiger partial charge in [-0.3, -0.25) is 4.79 Å². The average Bonchev–Trinajstić information content (AvgIpc) is 3.33. The molecule has 41 heavy (non-hydrogen) atoms. The molecule has 1 amide bonds. The number of sulfone groups is 1. The fourth-order valence-corrected chi connectivity index (χ4v) is 9.63. The molecule has 2 aromatic carbocycles. The third-order valence-corrected chi connectivity index (χ3v) is 12.2. The topological polar surface area (TPSA) is 54.5 Å². The van der Waals surface area contributed by atoms with Crippen molar-refractivity contribution >= 4 is 38.3 Å². The fraction of sp³-hybridized carbons (Fsp3) is 0.536. The number of carbonyl (C=O) groups is 1. The maximum absolute atomic E-state index is 15.0. The van der Waals surface area contributed by atoms with Gasteiger partial charge in [0.15, 0.2) is 9.84 Å². The maximum Gasteiger partial charge on any atom is 0.435 e. The molecule has 1 saturated heterocycles. The molecule has 2 fully saturated rings. The molecule has 1 aliphatic heterocycles. The van der Waals surface area contributed by atoms with Crippen molar-refractivity contribution in [2.45, 2.75) is 85.1 Å². The summed E-state index contributed by atoms with van der Waals surface area (Å²) in [6, 6.07) is 6.86. The summed E-state index contributed by atoms with van der Waals surface area (Å²) in [5.41, 5.74) is -7.37. The van der Waals surface area contributed by atoms with Crippen molar-refractivity contribution < 1.29 is 43.9 Å². The van der Waals surface area contributed by atoms with Gasteiger partial charge in [-0.05, 0) is 90.1 Å². The monoisotopic (exact) mass is 717 g/mol. The minimum absolute atomic E-state index is 0.00413. The van der Waals surface area contributed by atoms with Crippen LogP contribution < -0.4 is 0 Å². The smallest absolute Gasteiger partial charge is 0.337 e. The highest BCUT2D eigenvalue weighted by atomic mass is 127. The van der Waals surface area contributed by atoms with E-state index in [0.717, 1.165) is 28.9 Å². The van der Waals surface area contributed by atoms with E-state index in [2.05, 4.69) is 0 Å². The van der Waals surface area contributed by atoms with Crippen LogP contribution in [0.5, 0.6) is 0 Å². The van der Waals surface area contributed by atoms with Crippen LogP contribution in [0.25, 0.3) is 0 Å². The molecule has 0 bridgehead atoms. The molecule has 3 aliphatic rings. The molecule has 0 aromatic heterocycles. The lowest BCUT2D eigenvalue weighted by molar-refractivity contribution is -0.348. The van der Waals surface area contributed by atoms with Gasteiger partial charge >= 0.3 is 18.0 Å². The van der Waals surface area contributed by atoms with E-state index in [-0.39, 0.29) is 53.7 Å². The summed E-state index contributed by atoms with van der Waals surface area (Å²) < 4.78 is 124. The van der Waals surface area contributed by atoms with Gasteiger partial charge in [0.25, 0.3) is 0 Å². The quantitative estimate of drug-likeness (QED) is 0.245. The van der Waals surface area contributed by atoms with E-state index in [9.17, 15) is 43.9 Å². The molecule has 224 valence electrons. The predicted octanol–water partition coefficient (Wildman–Crippen LogP) is 7.38. The van der Waals surface area contributed by atoms with E-state index < -0.39 is 44.2 Å². The van der Waals surface area contributed by atoms with Crippen LogP contribution in [0.15, 0.2) is 47.4 Å². The Labute approximate surface area is 246 Å². The highest BCUT2D eigenvalue weighted by molar-refractivity contribution is 14.1. The number of halogens is 8. The number of nitrogens with zero attached hydrogens (tertiary/aromatic N) is 1. The summed E-state index contributed by atoms with van der Waals surface area (Å²) in [7, 11) is -4.33. The van der Waals surface area contributed by atoms with Crippen molar-refractivity contribution in [2.24, 2.45) is 5.92 Å². The number of hydrogen-bond acceptors (Lipinski definition) is 3. The van der Waals surface area contributed by atoms with Crippen LogP contribution in [0, 0.1) is 9.49 Å². The Morgan fingerprint density at radius 2 is 1.49 bits per heavy atom. The van der Waals surface area contributed by atoms with E-state index in [1.54, 1.807) is 17.0 Å². The van der Waals surface area contributed by atoms with E-state index in [0.29, 0.717) is 25.0 Å². The van der Waals surface area contributed by atoms with Crippen molar-refractivity contribution in [1.82, 2.24) is 4.90 Å². The molecule has 2 atom stereocenters. The third-order valence-electron chi connectivity index (χ3n) is 8.91. The minimum atomic E-state index is -6.29. The molecular weight excluding hydrogens is 690 g/mol. The van der Waals surface area contributed by atoms with Crippen LogP contribution in [0.4, 0.5) is 30.7 Å². The van der Waals surface area contributed by atoms with Gasteiger partial charge < -0.3 is 4.90 Å². The number of benzene rings is 2. The highest BCUT2D eigenvalue weighted by Crippen LogP contribution is 2.57. The molecule has 0 unspecified atom stereocenters. The maximum atomic E-state index is 15.0. The number of amides is 1. The van der Waals surface area contributed by atoms with Crippen molar-refractivity contribution in [1.29, 1.82) is 0 Å². The Morgan fingerprint density at radius 3 is 2.07 bits per heavy atom. The minimum Gasteiger partial charge on any atom is -0.337 e. The van der Waals surface area contributed by atoms with Crippen molar-refractivity contribution in [3.63, 3.8) is 0 Å². The zero-order valence-electron chi connectivity index (χ0n) is 21.7. The molecule has 1 saturated carbocycles. The summed E-state index contributed by atoms with van der Waals surface area (Å²) in [6.07, 6.45) is -8.70. The van der Waals surface area contributed by atoms with Gasteiger partial charge in [0, 0.05) is 21.6 Å². The number of rotatable bonds is 4. The standard InChI is InChI=1S/C28H27F7INO3S/c29-26(27(30,31)32,28(33,34)35)19-7-12-22-18(16-19)6-13-23-25(22,41(39,40)21-10-8-20(36)9-11-21)14-15-37(23)24(38)17-4-2-1-3-5-17/h7-12,16-17,23H,1-6,13-15H2/t23-,25-/m1/s1. The second kappa shape index (κ2) is 10.4. The Hall–Kier alpha value is -1.90. The first-order chi connectivity index (χ1) is 19.1. The number of likely N-dealkylation sites (tertiary alicyclic amines) is 1. The first-order valence-corrected chi connectivity index (χ1v) is 15.9. The Balaban J connectivity index is 1.68. The van der Waals surface area contributed by atoms with Crippen LogP contribution in [0.2, 0.25) is 0 Å². The first-order valence-electron chi connectivity index (χ1n) is 13.3. The van der Waals surface area contributed by atoms with E-state index >= 15 is 0 Å². The van der Waals surface area contributed by atoms with Crippen LogP contribution in [-0.4, -0.2) is 44.2 Å². The van der Waals surface area contributed by atoms with Gasteiger partial charge in [0.1, 0.15) is 4.75 Å². The molecule has 2 aromatic rings. The molecule has 0 spiro atoms. The number of fused-ring (bicyclic) bond motifs is 3. The lowest BCUT2D eigenvalue weighted by Crippen LogP contribution is -2.53. The largest absolute Gasteiger partial charge is 0.435 e. The Morgan fingerprint density at radius 1 is 0.878 bits per heavy atom. The number of alkyl halides is 7. The van der Waals surface area contributed by atoms with Crippen LogP contribution in [0.3, 0.4) is 0 Å². The summed E-state index contributed by atoms with van der Waals surface area (Å²) >= 11 is 2.00. The average molecular weight is 717 g/mol. The van der Waals surface area contributed by atoms with Crippen molar-refractivity contribution in [3.8, 4) is 0 Å². The molecule has 0 N–H and O–H groups in total. The van der Waals surface area contributed by atoms with Gasteiger partial charge in [-0.25, -0.2) is 12.8 Å². The van der Waals surface area contributed by atoms with Gasteiger partial charge in [-0.1, -0.05) is 37.5 Å². The molecule has 5 rings (SSSR count). The van der Waals surface area contributed by atoms with Crippen molar-refractivity contribution in [3.05, 3.63) is 62.7 Å². The van der Waals surface area contributed by atoms with E-state index in [1.165, 1.54) is 12.1 Å². The SMILES string of the molecule is O=C(C1CCCCC1)N1CC[C@@]2(S(=O)(=O)c3ccc(I)cc3)c3ccc(C(F)(C(F)(F)F)C(F)(F)F)cc3CC[C@@H]12. The van der Waals surface area contributed by atoms with Gasteiger partial charge in [0.05, 0.1) is 10.9 Å². The van der Waals surface area contributed by atoms with Crippen molar-refractivity contribution in [2.75, 3.05) is 6.54 Å². The lowest BCUT2D eigenvalue weighted by Gasteiger charge is -2.43. The number of aryl methyl sites for hydroxylation is 1. The number of carbonyl (C=O) groups excluding carboxylic acids is 1. The van der Waals surface area contributed by atoms with Gasteiger partial charge in [0.2, 0.25) is 5.91 Å². The third kappa shape index (κ3) is 4.67. The van der Waals surface area contributed by atoms with Crippen LogP contribution in [-0.2, 0) is 31.5 Å². The molecule has 13 heteroatoms. The van der Waals surface area contributed by atoms with Crippen LogP contribution in [0.1, 0.15) is 61.6 Å². The second-order valence-electron chi connectivity index (χ2n) is 11.0. The zero-order chi connectivity index (χ0) is 30.0. The van der Waals surface area contributed by atoms with E-state index in [4.69, 9.17) is 0 Å².